The Morgan fingerprint density at radius 3 is 2.07 bits per heavy atom. The van der Waals surface area contributed by atoms with Gasteiger partial charge in [0.2, 0.25) is 5.91 Å². The van der Waals surface area contributed by atoms with Gasteiger partial charge in [0, 0.05) is 16.7 Å². The summed E-state index contributed by atoms with van der Waals surface area (Å²) in [5, 5.41) is 13.2. The van der Waals surface area contributed by atoms with Crippen molar-refractivity contribution in [3.05, 3.63) is 88.5 Å². The lowest BCUT2D eigenvalue weighted by Gasteiger charge is -2.44. The normalized spacial score (nSPS) is 16.0. The van der Waals surface area contributed by atoms with Gasteiger partial charge in [-0.25, -0.2) is 4.79 Å². The van der Waals surface area contributed by atoms with Gasteiger partial charge in [0.25, 0.3) is 0 Å². The van der Waals surface area contributed by atoms with E-state index < -0.39 is 29.7 Å². The van der Waals surface area contributed by atoms with Crippen LogP contribution < -0.4 is 19.5 Å². The zero-order chi connectivity index (χ0) is 32.6. The van der Waals surface area contributed by atoms with Crippen LogP contribution in [0.4, 0.5) is 4.79 Å². The first-order valence-corrected chi connectivity index (χ1v) is 15.0. The molecular weight excluding hydrogens is 576 g/mol. The van der Waals surface area contributed by atoms with E-state index in [0.29, 0.717) is 29.4 Å². The van der Waals surface area contributed by atoms with Gasteiger partial charge < -0.3 is 39.0 Å². The first-order chi connectivity index (χ1) is 21.6. The Morgan fingerprint density at radius 2 is 1.51 bits per heavy atom. The van der Waals surface area contributed by atoms with Crippen LogP contribution in [-0.2, 0) is 33.9 Å². The second-order valence-corrected chi connectivity index (χ2v) is 11.9. The van der Waals surface area contributed by atoms with Gasteiger partial charge in [0.05, 0.1) is 46.1 Å². The van der Waals surface area contributed by atoms with Crippen LogP contribution in [0.15, 0.2) is 60.7 Å². The number of alkyl carbamates (subject to hydrolysis) is 1. The predicted molar refractivity (Wildman–Crippen MR) is 170 cm³/mol. The van der Waals surface area contributed by atoms with Gasteiger partial charge in [0.15, 0.2) is 11.5 Å². The monoisotopic (exact) mass is 620 g/mol. The second-order valence-electron chi connectivity index (χ2n) is 11.9. The first kappa shape index (κ1) is 33.6. The lowest BCUT2D eigenvalue weighted by Crippen LogP contribution is -2.53. The van der Waals surface area contributed by atoms with Crippen LogP contribution in [0.5, 0.6) is 17.2 Å². The number of carbonyl (C=O) groups excluding carboxylic acids is 2. The number of rotatable bonds is 12. The third kappa shape index (κ3) is 8.26. The number of ether oxygens (including phenoxy) is 5. The molecule has 0 saturated heterocycles. The number of hydrogen-bond donors (Lipinski definition) is 2. The van der Waals surface area contributed by atoms with E-state index in [1.165, 1.54) is 0 Å². The molecule has 1 aliphatic rings. The number of hydrogen-bond acceptors (Lipinski definition) is 8. The first-order valence-electron chi connectivity index (χ1n) is 15.0. The van der Waals surface area contributed by atoms with Crippen molar-refractivity contribution in [1.82, 2.24) is 10.2 Å². The highest BCUT2D eigenvalue weighted by atomic mass is 16.6. The summed E-state index contributed by atoms with van der Waals surface area (Å²) in [5.74, 6) is 1.14. The topological polar surface area (TPSA) is 116 Å². The molecule has 10 nitrogen and oxygen atoms in total. The number of amides is 2. The van der Waals surface area contributed by atoms with Crippen molar-refractivity contribution >= 4 is 12.0 Å². The van der Waals surface area contributed by atoms with E-state index in [1.54, 1.807) is 39.9 Å². The number of nitrogens with one attached hydrogen (secondary N) is 1. The fraction of sp³-hybridized carbons (Fsp3) is 0.429. The third-order valence-corrected chi connectivity index (χ3v) is 7.54. The largest absolute Gasteiger partial charge is 0.496 e. The highest BCUT2D eigenvalue weighted by Gasteiger charge is 2.43. The Hall–Kier alpha value is -4.28. The summed E-state index contributed by atoms with van der Waals surface area (Å²) in [6.07, 6.45) is -0.425. The molecule has 0 spiro atoms. The van der Waals surface area contributed by atoms with Gasteiger partial charge in [0.1, 0.15) is 24.5 Å². The van der Waals surface area contributed by atoms with Crippen LogP contribution in [0.2, 0.25) is 0 Å². The van der Waals surface area contributed by atoms with Gasteiger partial charge in [-0.05, 0) is 45.2 Å². The zero-order valence-electron chi connectivity index (χ0n) is 26.9. The summed E-state index contributed by atoms with van der Waals surface area (Å²) in [6, 6.07) is 18.1. The van der Waals surface area contributed by atoms with Crippen molar-refractivity contribution in [1.29, 1.82) is 0 Å². The molecule has 0 radical (unpaired) electrons. The molecule has 0 aromatic heterocycles. The van der Waals surface area contributed by atoms with E-state index in [-0.39, 0.29) is 32.8 Å². The van der Waals surface area contributed by atoms with Crippen molar-refractivity contribution < 1.29 is 38.4 Å². The summed E-state index contributed by atoms with van der Waals surface area (Å²) >= 11 is 0. The minimum absolute atomic E-state index is 0.0770. The van der Waals surface area contributed by atoms with Gasteiger partial charge >= 0.3 is 6.09 Å². The van der Waals surface area contributed by atoms with E-state index in [4.69, 9.17) is 23.7 Å². The SMILES string of the molecule is COc1c(C)c(OC)c(OCc2ccccc2)c2c1C[C@@H](CO)N(C(=O)CNC(=O)OC(C)(C)C)[C@H]2COCc1ccccc1. The van der Waals surface area contributed by atoms with Crippen LogP contribution >= 0.6 is 0 Å². The van der Waals surface area contributed by atoms with E-state index in [2.05, 4.69) is 5.32 Å². The maximum absolute atomic E-state index is 13.9. The summed E-state index contributed by atoms with van der Waals surface area (Å²) in [4.78, 5) is 28.0. The molecule has 45 heavy (non-hydrogen) atoms. The van der Waals surface area contributed by atoms with Gasteiger partial charge in [-0.15, -0.1) is 0 Å². The molecule has 242 valence electrons. The molecule has 0 fully saturated rings. The number of aliphatic hydroxyl groups excluding tert-OH is 1. The Labute approximate surface area is 265 Å². The van der Waals surface area contributed by atoms with E-state index in [0.717, 1.165) is 22.3 Å². The second kappa shape index (κ2) is 15.1. The fourth-order valence-electron chi connectivity index (χ4n) is 5.67. The zero-order valence-corrected chi connectivity index (χ0v) is 26.9. The molecule has 3 aromatic carbocycles. The van der Waals surface area contributed by atoms with Crippen LogP contribution in [0.3, 0.4) is 0 Å². The van der Waals surface area contributed by atoms with E-state index in [9.17, 15) is 14.7 Å². The minimum atomic E-state index is -0.728. The van der Waals surface area contributed by atoms with Gasteiger partial charge in [-0.1, -0.05) is 60.7 Å². The highest BCUT2D eigenvalue weighted by molar-refractivity contribution is 5.84. The summed E-state index contributed by atoms with van der Waals surface area (Å²) < 4.78 is 29.9. The fourth-order valence-corrected chi connectivity index (χ4v) is 5.67. The average molecular weight is 621 g/mol. The summed E-state index contributed by atoms with van der Waals surface area (Å²) in [7, 11) is 3.15. The molecule has 1 heterocycles. The molecule has 1 aliphatic heterocycles. The smallest absolute Gasteiger partial charge is 0.408 e. The van der Waals surface area contributed by atoms with Crippen molar-refractivity contribution in [3.63, 3.8) is 0 Å². The molecule has 2 atom stereocenters. The number of aliphatic hydroxyl groups is 1. The van der Waals surface area contributed by atoms with Crippen LogP contribution in [0.1, 0.15) is 54.6 Å². The lowest BCUT2D eigenvalue weighted by atomic mass is 9.85. The van der Waals surface area contributed by atoms with Gasteiger partial charge in [-0.3, -0.25) is 4.79 Å². The molecule has 0 bridgehead atoms. The predicted octanol–water partition coefficient (Wildman–Crippen LogP) is 5.12. The molecule has 0 aliphatic carbocycles. The Kier molecular flexibility index (Phi) is 11.3. The highest BCUT2D eigenvalue weighted by Crippen LogP contribution is 2.51. The van der Waals surface area contributed by atoms with Crippen molar-refractivity contribution in [3.8, 4) is 17.2 Å². The van der Waals surface area contributed by atoms with Crippen LogP contribution in [0.25, 0.3) is 0 Å². The van der Waals surface area contributed by atoms with Crippen molar-refractivity contribution in [2.24, 2.45) is 0 Å². The molecule has 3 aromatic rings. The Bertz CT molecular complexity index is 1440. The quantitative estimate of drug-likeness (QED) is 0.287. The molecule has 2 N–H and O–H groups in total. The number of methoxy groups -OCH3 is 2. The third-order valence-electron chi connectivity index (χ3n) is 7.54. The molecule has 4 rings (SSSR count). The van der Waals surface area contributed by atoms with E-state index >= 15 is 0 Å². The number of benzene rings is 3. The maximum atomic E-state index is 13.9. The number of nitrogens with zero attached hydrogens (tertiary/aromatic N) is 1. The van der Waals surface area contributed by atoms with E-state index in [1.807, 2.05) is 67.6 Å². The van der Waals surface area contributed by atoms with Crippen molar-refractivity contribution in [2.75, 3.05) is 34.0 Å². The standard InChI is InChI=1S/C35H44N2O8/c1-23-31(41-5)27-17-26(19-38)37(29(39)18-36-34(40)45-35(2,3)4)28(22-43-20-24-13-9-7-10-14-24)30(27)33(32(23)42-6)44-21-25-15-11-8-12-16-25/h7-16,26,28,38H,17-22H2,1-6H3,(H,36,40)/t26-,28-/m0/s1. The molecular formula is C35H44N2O8. The molecule has 10 heteroatoms. The van der Waals surface area contributed by atoms with Crippen molar-refractivity contribution in [2.45, 2.75) is 65.0 Å². The number of carbonyl (C=O) groups is 2. The lowest BCUT2D eigenvalue weighted by molar-refractivity contribution is -0.139. The average Bonchev–Trinajstić information content (AvgIpc) is 3.02. The maximum Gasteiger partial charge on any atom is 0.408 e. The Balaban J connectivity index is 1.78. The van der Waals surface area contributed by atoms with Gasteiger partial charge in [-0.2, -0.15) is 0 Å². The Morgan fingerprint density at radius 1 is 0.911 bits per heavy atom. The van der Waals surface area contributed by atoms with Crippen LogP contribution in [0, 0.1) is 6.92 Å². The molecule has 0 saturated carbocycles. The summed E-state index contributed by atoms with van der Waals surface area (Å²) in [5.41, 5.74) is 3.42. The molecule has 0 unspecified atom stereocenters. The minimum Gasteiger partial charge on any atom is -0.496 e. The summed E-state index contributed by atoms with van der Waals surface area (Å²) in [6.45, 7) is 7.11. The molecule has 2 amide bonds. The number of fused-ring (bicyclic) bond motifs is 1. The van der Waals surface area contributed by atoms with Crippen LogP contribution in [-0.4, -0.2) is 67.6 Å².